The first-order valence-corrected chi connectivity index (χ1v) is 5.41. The van der Waals surface area contributed by atoms with Crippen LogP contribution in [-0.4, -0.2) is 9.97 Å². The van der Waals surface area contributed by atoms with Gasteiger partial charge in [-0.25, -0.2) is 4.98 Å². The van der Waals surface area contributed by atoms with E-state index in [9.17, 15) is 13.2 Å². The Balaban J connectivity index is 2.01. The Morgan fingerprint density at radius 2 is 1.68 bits per heavy atom. The molecular weight excluding hydrogens is 257 g/mol. The smallest absolute Gasteiger partial charge is 0.416 e. The molecule has 3 aromatic rings. The van der Waals surface area contributed by atoms with Crippen LogP contribution in [0.2, 0.25) is 0 Å². The number of pyridine rings is 1. The first-order valence-electron chi connectivity index (χ1n) is 5.41. The fourth-order valence-corrected chi connectivity index (χ4v) is 1.76. The van der Waals surface area contributed by atoms with E-state index in [0.29, 0.717) is 22.4 Å². The number of fused-ring (bicyclic) bond motifs is 1. The van der Waals surface area contributed by atoms with Gasteiger partial charge < -0.3 is 4.42 Å². The molecule has 0 amide bonds. The number of hydrogen-bond donors (Lipinski definition) is 0. The highest BCUT2D eigenvalue weighted by atomic mass is 19.4. The van der Waals surface area contributed by atoms with Gasteiger partial charge in [0.2, 0.25) is 0 Å². The average molecular weight is 264 g/mol. The van der Waals surface area contributed by atoms with Crippen LogP contribution in [-0.2, 0) is 6.18 Å². The van der Waals surface area contributed by atoms with E-state index in [1.165, 1.54) is 18.5 Å². The van der Waals surface area contributed by atoms with Crippen LogP contribution >= 0.6 is 0 Å². The Morgan fingerprint density at radius 3 is 2.37 bits per heavy atom. The van der Waals surface area contributed by atoms with E-state index in [4.69, 9.17) is 4.42 Å². The first kappa shape index (κ1) is 11.7. The SMILES string of the molecule is FC(F)(F)c1ccc(-c2cnc3ncoc3c2)cc1. The van der Waals surface area contributed by atoms with E-state index in [2.05, 4.69) is 9.97 Å². The van der Waals surface area contributed by atoms with Gasteiger partial charge in [0, 0.05) is 11.8 Å². The largest absolute Gasteiger partial charge is 0.442 e. The normalized spacial score (nSPS) is 11.9. The Bertz CT molecular complexity index is 717. The Labute approximate surface area is 105 Å². The third-order valence-corrected chi connectivity index (χ3v) is 2.73. The molecule has 3 rings (SSSR count). The van der Waals surface area contributed by atoms with Gasteiger partial charge in [0.05, 0.1) is 5.56 Å². The topological polar surface area (TPSA) is 38.9 Å². The quantitative estimate of drug-likeness (QED) is 0.669. The third kappa shape index (κ3) is 2.16. The van der Waals surface area contributed by atoms with Crippen LogP contribution in [0.1, 0.15) is 5.56 Å². The summed E-state index contributed by atoms with van der Waals surface area (Å²) in [6, 6.07) is 6.59. The number of hydrogen-bond acceptors (Lipinski definition) is 3. The standard InChI is InChI=1S/C13H7F3N2O/c14-13(15,16)10-3-1-8(2-4-10)9-5-11-12(17-6-9)18-7-19-11/h1-7H. The highest BCUT2D eigenvalue weighted by Gasteiger charge is 2.29. The van der Waals surface area contributed by atoms with Gasteiger partial charge >= 0.3 is 6.18 Å². The summed E-state index contributed by atoms with van der Waals surface area (Å²) in [7, 11) is 0. The van der Waals surface area contributed by atoms with Crippen molar-refractivity contribution in [1.82, 2.24) is 9.97 Å². The predicted octanol–water partition coefficient (Wildman–Crippen LogP) is 3.91. The van der Waals surface area contributed by atoms with Crippen LogP contribution in [0.5, 0.6) is 0 Å². The molecule has 3 nitrogen and oxygen atoms in total. The van der Waals surface area contributed by atoms with Crippen molar-refractivity contribution in [1.29, 1.82) is 0 Å². The van der Waals surface area contributed by atoms with Gasteiger partial charge in [-0.2, -0.15) is 18.2 Å². The van der Waals surface area contributed by atoms with Crippen LogP contribution in [0.3, 0.4) is 0 Å². The van der Waals surface area contributed by atoms with Gasteiger partial charge in [-0.05, 0) is 23.8 Å². The van der Waals surface area contributed by atoms with E-state index in [-0.39, 0.29) is 0 Å². The Kier molecular flexibility index (Phi) is 2.51. The van der Waals surface area contributed by atoms with Crippen LogP contribution < -0.4 is 0 Å². The molecule has 0 aliphatic rings. The monoisotopic (exact) mass is 264 g/mol. The molecule has 0 saturated heterocycles. The summed E-state index contributed by atoms with van der Waals surface area (Å²) >= 11 is 0. The van der Waals surface area contributed by atoms with Crippen LogP contribution in [0.4, 0.5) is 13.2 Å². The maximum Gasteiger partial charge on any atom is 0.416 e. The Hall–Kier alpha value is -2.37. The summed E-state index contributed by atoms with van der Waals surface area (Å²) in [5.74, 6) is 0. The van der Waals surface area contributed by atoms with Crippen molar-refractivity contribution in [2.75, 3.05) is 0 Å². The van der Waals surface area contributed by atoms with E-state index in [1.54, 1.807) is 12.3 Å². The van der Waals surface area contributed by atoms with E-state index in [0.717, 1.165) is 12.1 Å². The molecule has 0 unspecified atom stereocenters. The maximum absolute atomic E-state index is 12.5. The van der Waals surface area contributed by atoms with Crippen molar-refractivity contribution < 1.29 is 17.6 Å². The summed E-state index contributed by atoms with van der Waals surface area (Å²) in [5.41, 5.74) is 1.61. The lowest BCUT2D eigenvalue weighted by Crippen LogP contribution is -2.03. The number of nitrogens with zero attached hydrogens (tertiary/aromatic N) is 2. The van der Waals surface area contributed by atoms with Gasteiger partial charge in [-0.3, -0.25) is 0 Å². The number of oxazole rings is 1. The van der Waals surface area contributed by atoms with Crippen LogP contribution in [0, 0.1) is 0 Å². The average Bonchev–Trinajstić information content (AvgIpc) is 2.85. The van der Waals surface area contributed by atoms with E-state index in [1.807, 2.05) is 0 Å². The molecule has 0 radical (unpaired) electrons. The minimum absolute atomic E-state index is 0.468. The lowest BCUT2D eigenvalue weighted by Gasteiger charge is -2.07. The molecule has 1 aromatic carbocycles. The van der Waals surface area contributed by atoms with Crippen molar-refractivity contribution in [2.45, 2.75) is 6.18 Å². The summed E-state index contributed by atoms with van der Waals surface area (Å²) < 4.78 is 42.5. The predicted molar refractivity (Wildman–Crippen MR) is 62.2 cm³/mol. The summed E-state index contributed by atoms with van der Waals surface area (Å²) in [5, 5.41) is 0. The molecule has 0 aliphatic carbocycles. The first-order chi connectivity index (χ1) is 9.04. The third-order valence-electron chi connectivity index (χ3n) is 2.73. The van der Waals surface area contributed by atoms with Crippen molar-refractivity contribution in [3.8, 4) is 11.1 Å². The van der Waals surface area contributed by atoms with Crippen molar-refractivity contribution in [3.05, 3.63) is 48.5 Å². The number of benzene rings is 1. The highest BCUT2D eigenvalue weighted by Crippen LogP contribution is 2.31. The zero-order valence-corrected chi connectivity index (χ0v) is 9.48. The lowest BCUT2D eigenvalue weighted by atomic mass is 10.1. The van der Waals surface area contributed by atoms with E-state index >= 15 is 0 Å². The van der Waals surface area contributed by atoms with Gasteiger partial charge in [0.15, 0.2) is 17.6 Å². The molecule has 0 saturated carbocycles. The lowest BCUT2D eigenvalue weighted by molar-refractivity contribution is -0.137. The van der Waals surface area contributed by atoms with Gasteiger partial charge in [0.1, 0.15) is 0 Å². The number of aromatic nitrogens is 2. The molecule has 0 bridgehead atoms. The molecule has 0 atom stereocenters. The summed E-state index contributed by atoms with van der Waals surface area (Å²) in [4.78, 5) is 7.93. The van der Waals surface area contributed by atoms with Gasteiger partial charge in [-0.1, -0.05) is 12.1 Å². The van der Waals surface area contributed by atoms with Crippen molar-refractivity contribution in [2.24, 2.45) is 0 Å². The molecule has 0 spiro atoms. The molecule has 19 heavy (non-hydrogen) atoms. The fraction of sp³-hybridized carbons (Fsp3) is 0.0769. The molecule has 96 valence electrons. The zero-order chi connectivity index (χ0) is 13.5. The number of rotatable bonds is 1. The van der Waals surface area contributed by atoms with Crippen LogP contribution in [0.25, 0.3) is 22.4 Å². The molecule has 0 aliphatic heterocycles. The number of halogens is 3. The molecule has 0 fully saturated rings. The fourth-order valence-electron chi connectivity index (χ4n) is 1.76. The number of alkyl halides is 3. The second kappa shape index (κ2) is 4.08. The minimum atomic E-state index is -4.33. The zero-order valence-electron chi connectivity index (χ0n) is 9.48. The second-order valence-electron chi connectivity index (χ2n) is 3.97. The molecule has 0 N–H and O–H groups in total. The molecular formula is C13H7F3N2O. The molecule has 2 heterocycles. The second-order valence-corrected chi connectivity index (χ2v) is 3.97. The minimum Gasteiger partial charge on any atom is -0.442 e. The van der Waals surface area contributed by atoms with Gasteiger partial charge in [0.25, 0.3) is 0 Å². The summed E-state index contributed by atoms with van der Waals surface area (Å²) in [6.07, 6.45) is -1.51. The molecule has 2 aromatic heterocycles. The summed E-state index contributed by atoms with van der Waals surface area (Å²) in [6.45, 7) is 0. The van der Waals surface area contributed by atoms with Gasteiger partial charge in [-0.15, -0.1) is 0 Å². The Morgan fingerprint density at radius 1 is 0.947 bits per heavy atom. The molecule has 6 heteroatoms. The van der Waals surface area contributed by atoms with Crippen LogP contribution in [0.15, 0.2) is 47.3 Å². The van der Waals surface area contributed by atoms with Crippen molar-refractivity contribution in [3.63, 3.8) is 0 Å². The maximum atomic E-state index is 12.5. The van der Waals surface area contributed by atoms with Crippen molar-refractivity contribution >= 4 is 11.2 Å². The highest BCUT2D eigenvalue weighted by molar-refractivity contribution is 5.75. The van der Waals surface area contributed by atoms with E-state index < -0.39 is 11.7 Å².